The number of nitrogens with one attached hydrogen (secondary N) is 1. The first-order valence-electron chi connectivity index (χ1n) is 6.84. The molecule has 0 spiro atoms. The average molecular weight is 265 g/mol. The van der Waals surface area contributed by atoms with Crippen LogP contribution in [0.1, 0.15) is 33.1 Å². The van der Waals surface area contributed by atoms with Gasteiger partial charge in [-0.1, -0.05) is 19.1 Å². The summed E-state index contributed by atoms with van der Waals surface area (Å²) >= 11 is 0. The zero-order valence-corrected chi connectivity index (χ0v) is 11.4. The second-order valence-electron chi connectivity index (χ2n) is 4.92. The number of hydrogen-bond acceptors (Lipinski definition) is 3. The molecule has 1 saturated carbocycles. The fourth-order valence-electron chi connectivity index (χ4n) is 2.48. The van der Waals surface area contributed by atoms with E-state index in [9.17, 15) is 9.18 Å². The van der Waals surface area contributed by atoms with Gasteiger partial charge in [-0.3, -0.25) is 0 Å². The molecule has 0 amide bonds. The van der Waals surface area contributed by atoms with E-state index in [1.54, 1.807) is 25.1 Å². The lowest BCUT2D eigenvalue weighted by Gasteiger charge is -2.32. The van der Waals surface area contributed by atoms with E-state index in [2.05, 4.69) is 5.32 Å². The molecule has 0 radical (unpaired) electrons. The van der Waals surface area contributed by atoms with E-state index in [-0.39, 0.29) is 17.7 Å². The molecular weight excluding hydrogens is 245 g/mol. The van der Waals surface area contributed by atoms with Gasteiger partial charge < -0.3 is 10.1 Å². The highest BCUT2D eigenvalue weighted by atomic mass is 19.1. The van der Waals surface area contributed by atoms with Gasteiger partial charge in [0.2, 0.25) is 0 Å². The third kappa shape index (κ3) is 2.72. The predicted octanol–water partition coefficient (Wildman–Crippen LogP) is 3.36. The second-order valence-corrected chi connectivity index (χ2v) is 4.92. The molecule has 0 aromatic heterocycles. The van der Waals surface area contributed by atoms with Crippen molar-refractivity contribution >= 4 is 11.7 Å². The predicted molar refractivity (Wildman–Crippen MR) is 72.4 cm³/mol. The van der Waals surface area contributed by atoms with Crippen molar-refractivity contribution in [3.63, 3.8) is 0 Å². The van der Waals surface area contributed by atoms with Gasteiger partial charge in [0.05, 0.1) is 12.3 Å². The molecule has 1 atom stereocenters. The molecule has 19 heavy (non-hydrogen) atoms. The molecule has 3 nitrogen and oxygen atoms in total. The fraction of sp³-hybridized carbons (Fsp3) is 0.533. The van der Waals surface area contributed by atoms with Gasteiger partial charge in [-0.25, -0.2) is 9.18 Å². The van der Waals surface area contributed by atoms with Gasteiger partial charge in [0.15, 0.2) is 0 Å². The third-order valence-corrected chi connectivity index (χ3v) is 3.70. The van der Waals surface area contributed by atoms with E-state index in [1.165, 1.54) is 6.07 Å². The zero-order valence-electron chi connectivity index (χ0n) is 11.4. The summed E-state index contributed by atoms with van der Waals surface area (Å²) in [6.07, 6.45) is 2.55. The van der Waals surface area contributed by atoms with Crippen LogP contribution in [-0.4, -0.2) is 18.1 Å². The van der Waals surface area contributed by atoms with E-state index < -0.39 is 5.54 Å². The Morgan fingerprint density at radius 3 is 2.63 bits per heavy atom. The molecule has 0 heterocycles. The molecular formula is C15H20FNO2. The Labute approximate surface area is 113 Å². The first kappa shape index (κ1) is 13.8. The largest absolute Gasteiger partial charge is 0.464 e. The highest BCUT2D eigenvalue weighted by Gasteiger charge is 2.51. The number of esters is 1. The maximum absolute atomic E-state index is 13.8. The number of para-hydroxylation sites is 1. The summed E-state index contributed by atoms with van der Waals surface area (Å²) in [5, 5.41) is 3.11. The molecule has 104 valence electrons. The molecule has 0 saturated heterocycles. The molecule has 2 rings (SSSR count). The first-order chi connectivity index (χ1) is 9.14. The van der Waals surface area contributed by atoms with Crippen molar-refractivity contribution in [2.75, 3.05) is 11.9 Å². The number of benzene rings is 1. The number of halogens is 1. The summed E-state index contributed by atoms with van der Waals surface area (Å²) in [6, 6.07) is 6.43. The molecule has 1 aromatic rings. The van der Waals surface area contributed by atoms with E-state index in [4.69, 9.17) is 4.74 Å². The van der Waals surface area contributed by atoms with Gasteiger partial charge in [-0.05, 0) is 44.2 Å². The molecule has 1 aromatic carbocycles. The summed E-state index contributed by atoms with van der Waals surface area (Å²) < 4.78 is 19.0. The topological polar surface area (TPSA) is 38.3 Å². The highest BCUT2D eigenvalue weighted by Crippen LogP contribution is 2.44. The summed E-state index contributed by atoms with van der Waals surface area (Å²) in [4.78, 5) is 12.3. The Hall–Kier alpha value is -1.58. The quantitative estimate of drug-likeness (QED) is 0.801. The van der Waals surface area contributed by atoms with Crippen LogP contribution >= 0.6 is 0 Å². The number of anilines is 1. The van der Waals surface area contributed by atoms with Crippen LogP contribution in [0.3, 0.4) is 0 Å². The van der Waals surface area contributed by atoms with Crippen LogP contribution < -0.4 is 5.32 Å². The number of rotatable bonds is 6. The SMILES string of the molecule is CCOC(=O)C(CC)(Nc1ccccc1F)C1CC1. The minimum Gasteiger partial charge on any atom is -0.464 e. The van der Waals surface area contributed by atoms with Gasteiger partial charge >= 0.3 is 5.97 Å². The number of carbonyl (C=O) groups excluding carboxylic acids is 1. The van der Waals surface area contributed by atoms with Crippen LogP contribution in [0.2, 0.25) is 0 Å². The molecule has 0 bridgehead atoms. The Morgan fingerprint density at radius 1 is 1.42 bits per heavy atom. The van der Waals surface area contributed by atoms with Crippen molar-refractivity contribution in [3.05, 3.63) is 30.1 Å². The Morgan fingerprint density at radius 2 is 2.11 bits per heavy atom. The van der Waals surface area contributed by atoms with Crippen molar-refractivity contribution in [3.8, 4) is 0 Å². The van der Waals surface area contributed by atoms with Gasteiger partial charge in [-0.2, -0.15) is 0 Å². The normalized spacial score (nSPS) is 17.6. The van der Waals surface area contributed by atoms with Crippen LogP contribution in [0, 0.1) is 11.7 Å². The standard InChI is InChI=1S/C15H20FNO2/c1-3-15(11-9-10-11,14(18)19-4-2)17-13-8-6-5-7-12(13)16/h5-8,11,17H,3-4,9-10H2,1-2H3. The van der Waals surface area contributed by atoms with Crippen molar-refractivity contribution in [2.45, 2.75) is 38.6 Å². The maximum Gasteiger partial charge on any atom is 0.332 e. The van der Waals surface area contributed by atoms with E-state index in [1.807, 2.05) is 6.92 Å². The molecule has 1 aliphatic rings. The Kier molecular flexibility index (Phi) is 4.08. The summed E-state index contributed by atoms with van der Waals surface area (Å²) in [7, 11) is 0. The Bertz CT molecular complexity index is 459. The smallest absolute Gasteiger partial charge is 0.332 e. The average Bonchev–Trinajstić information content (AvgIpc) is 3.23. The maximum atomic E-state index is 13.8. The van der Waals surface area contributed by atoms with Crippen molar-refractivity contribution < 1.29 is 13.9 Å². The van der Waals surface area contributed by atoms with Crippen LogP contribution in [0.25, 0.3) is 0 Å². The summed E-state index contributed by atoms with van der Waals surface area (Å²) in [5.41, 5.74) is -0.428. The van der Waals surface area contributed by atoms with E-state index in [0.717, 1.165) is 12.8 Å². The minimum absolute atomic E-state index is 0.233. The lowest BCUT2D eigenvalue weighted by atomic mass is 9.89. The second kappa shape index (κ2) is 5.59. The molecule has 1 N–H and O–H groups in total. The van der Waals surface area contributed by atoms with Crippen LogP contribution in [0.5, 0.6) is 0 Å². The zero-order chi connectivity index (χ0) is 13.9. The molecule has 4 heteroatoms. The van der Waals surface area contributed by atoms with E-state index >= 15 is 0 Å². The summed E-state index contributed by atoms with van der Waals surface area (Å²) in [5.74, 6) is -0.385. The van der Waals surface area contributed by atoms with E-state index in [0.29, 0.717) is 18.7 Å². The summed E-state index contributed by atoms with van der Waals surface area (Å²) in [6.45, 7) is 4.06. The third-order valence-electron chi connectivity index (χ3n) is 3.70. The van der Waals surface area contributed by atoms with Gasteiger partial charge in [0, 0.05) is 0 Å². The minimum atomic E-state index is -0.793. The van der Waals surface area contributed by atoms with Gasteiger partial charge in [0.25, 0.3) is 0 Å². The molecule has 1 unspecified atom stereocenters. The number of hydrogen-bond donors (Lipinski definition) is 1. The first-order valence-corrected chi connectivity index (χ1v) is 6.84. The van der Waals surface area contributed by atoms with Crippen molar-refractivity contribution in [2.24, 2.45) is 5.92 Å². The van der Waals surface area contributed by atoms with Crippen LogP contribution in [0.4, 0.5) is 10.1 Å². The number of carbonyl (C=O) groups is 1. The molecule has 1 aliphatic carbocycles. The van der Waals surface area contributed by atoms with Crippen LogP contribution in [-0.2, 0) is 9.53 Å². The molecule has 1 fully saturated rings. The number of ether oxygens (including phenoxy) is 1. The van der Waals surface area contributed by atoms with Crippen molar-refractivity contribution in [1.29, 1.82) is 0 Å². The highest BCUT2D eigenvalue weighted by molar-refractivity contribution is 5.85. The molecule has 0 aliphatic heterocycles. The lowest BCUT2D eigenvalue weighted by molar-refractivity contribution is -0.149. The van der Waals surface area contributed by atoms with Crippen LogP contribution in [0.15, 0.2) is 24.3 Å². The van der Waals surface area contributed by atoms with Crippen molar-refractivity contribution in [1.82, 2.24) is 0 Å². The lowest BCUT2D eigenvalue weighted by Crippen LogP contribution is -2.49. The fourth-order valence-corrected chi connectivity index (χ4v) is 2.48. The Balaban J connectivity index is 2.28. The monoisotopic (exact) mass is 265 g/mol. The van der Waals surface area contributed by atoms with Gasteiger partial charge in [0.1, 0.15) is 11.4 Å². The van der Waals surface area contributed by atoms with Gasteiger partial charge in [-0.15, -0.1) is 0 Å².